The number of carbonyl (C=O) groups excluding carboxylic acids is 2. The third kappa shape index (κ3) is 2.72. The van der Waals surface area contributed by atoms with Crippen molar-refractivity contribution in [2.45, 2.75) is 19.9 Å². The average Bonchev–Trinajstić information content (AvgIpc) is 2.37. The van der Waals surface area contributed by atoms with Gasteiger partial charge in [-0.2, -0.15) is 0 Å². The van der Waals surface area contributed by atoms with E-state index in [2.05, 4.69) is 5.32 Å². The van der Waals surface area contributed by atoms with Gasteiger partial charge in [0.15, 0.2) is 0 Å². The smallest absolute Gasteiger partial charge is 0.258 e. The Balaban J connectivity index is 2.33. The standard InChI is InChI=1S/C14H17ClN2O3/c1-8(2)12-13(19)16-5-6-17(12)14(20)10-4-3-9(15)7-11(10)18/h3-4,7-8,12,18H,5-6H2,1-2H3,(H,16,19). The largest absolute Gasteiger partial charge is 0.507 e. The van der Waals surface area contributed by atoms with Gasteiger partial charge in [0.05, 0.1) is 5.56 Å². The van der Waals surface area contributed by atoms with E-state index < -0.39 is 6.04 Å². The van der Waals surface area contributed by atoms with Crippen molar-refractivity contribution >= 4 is 23.4 Å². The summed E-state index contributed by atoms with van der Waals surface area (Å²) in [5, 5.41) is 13.0. The van der Waals surface area contributed by atoms with Crippen LogP contribution in [0.3, 0.4) is 0 Å². The summed E-state index contributed by atoms with van der Waals surface area (Å²) in [6.07, 6.45) is 0. The number of piperazine rings is 1. The van der Waals surface area contributed by atoms with E-state index in [4.69, 9.17) is 11.6 Å². The second-order valence-corrected chi connectivity index (χ2v) is 5.58. The van der Waals surface area contributed by atoms with Crippen molar-refractivity contribution in [1.82, 2.24) is 10.2 Å². The quantitative estimate of drug-likeness (QED) is 0.872. The number of aromatic hydroxyl groups is 1. The topological polar surface area (TPSA) is 69.6 Å². The first-order valence-corrected chi connectivity index (χ1v) is 6.87. The normalized spacial score (nSPS) is 19.1. The lowest BCUT2D eigenvalue weighted by atomic mass is 9.98. The van der Waals surface area contributed by atoms with Gasteiger partial charge in [0.1, 0.15) is 11.8 Å². The van der Waals surface area contributed by atoms with Crippen LogP contribution in [0.4, 0.5) is 0 Å². The molecule has 0 aliphatic carbocycles. The van der Waals surface area contributed by atoms with Crippen LogP contribution in [0.1, 0.15) is 24.2 Å². The molecular formula is C14H17ClN2O3. The maximum atomic E-state index is 12.5. The predicted molar refractivity (Wildman–Crippen MR) is 75.8 cm³/mol. The third-order valence-electron chi connectivity index (χ3n) is 3.34. The summed E-state index contributed by atoms with van der Waals surface area (Å²) in [5.41, 5.74) is 0.162. The Labute approximate surface area is 122 Å². The van der Waals surface area contributed by atoms with Crippen molar-refractivity contribution in [1.29, 1.82) is 0 Å². The van der Waals surface area contributed by atoms with E-state index in [1.165, 1.54) is 17.0 Å². The molecule has 20 heavy (non-hydrogen) atoms. The van der Waals surface area contributed by atoms with Gasteiger partial charge in [-0.05, 0) is 24.1 Å². The molecule has 0 spiro atoms. The van der Waals surface area contributed by atoms with Crippen molar-refractivity contribution in [3.63, 3.8) is 0 Å². The summed E-state index contributed by atoms with van der Waals surface area (Å²) in [6.45, 7) is 4.62. The van der Waals surface area contributed by atoms with Crippen LogP contribution in [-0.4, -0.2) is 41.0 Å². The van der Waals surface area contributed by atoms with Crippen molar-refractivity contribution in [2.24, 2.45) is 5.92 Å². The van der Waals surface area contributed by atoms with Crippen molar-refractivity contribution in [3.05, 3.63) is 28.8 Å². The molecule has 1 aromatic rings. The zero-order valence-corrected chi connectivity index (χ0v) is 12.1. The van der Waals surface area contributed by atoms with E-state index in [1.807, 2.05) is 13.8 Å². The van der Waals surface area contributed by atoms with Crippen molar-refractivity contribution in [3.8, 4) is 5.75 Å². The number of hydrogen-bond acceptors (Lipinski definition) is 3. The van der Waals surface area contributed by atoms with Crippen LogP contribution in [0.2, 0.25) is 5.02 Å². The third-order valence-corrected chi connectivity index (χ3v) is 3.57. The zero-order chi connectivity index (χ0) is 14.9. The highest BCUT2D eigenvalue weighted by molar-refractivity contribution is 6.30. The molecule has 1 atom stereocenters. The Hall–Kier alpha value is -1.75. The Morgan fingerprint density at radius 1 is 1.50 bits per heavy atom. The summed E-state index contributed by atoms with van der Waals surface area (Å²) >= 11 is 5.76. The minimum atomic E-state index is -0.522. The molecule has 108 valence electrons. The van der Waals surface area contributed by atoms with Crippen LogP contribution in [0, 0.1) is 5.92 Å². The molecule has 1 aromatic carbocycles. The minimum absolute atomic E-state index is 0.00584. The van der Waals surface area contributed by atoms with Gasteiger partial charge in [0, 0.05) is 18.1 Å². The lowest BCUT2D eigenvalue weighted by molar-refractivity contribution is -0.129. The van der Waals surface area contributed by atoms with Crippen LogP contribution >= 0.6 is 11.6 Å². The molecule has 2 N–H and O–H groups in total. The fourth-order valence-corrected chi connectivity index (χ4v) is 2.58. The van der Waals surface area contributed by atoms with Gasteiger partial charge in [-0.3, -0.25) is 9.59 Å². The van der Waals surface area contributed by atoms with E-state index in [0.29, 0.717) is 18.1 Å². The monoisotopic (exact) mass is 296 g/mol. The molecule has 2 rings (SSSR count). The Morgan fingerprint density at radius 2 is 2.20 bits per heavy atom. The number of phenols is 1. The summed E-state index contributed by atoms with van der Waals surface area (Å²) in [7, 11) is 0. The molecule has 0 radical (unpaired) electrons. The Bertz CT molecular complexity index is 545. The van der Waals surface area contributed by atoms with Gasteiger partial charge in [0.25, 0.3) is 5.91 Å². The average molecular weight is 297 g/mol. The number of carbonyl (C=O) groups is 2. The van der Waals surface area contributed by atoms with Crippen LogP contribution in [0.15, 0.2) is 18.2 Å². The number of halogens is 1. The number of nitrogens with one attached hydrogen (secondary N) is 1. The van der Waals surface area contributed by atoms with E-state index in [9.17, 15) is 14.7 Å². The van der Waals surface area contributed by atoms with Crippen LogP contribution in [0.5, 0.6) is 5.75 Å². The molecule has 1 saturated heterocycles. The fourth-order valence-electron chi connectivity index (χ4n) is 2.42. The molecule has 0 saturated carbocycles. The molecule has 1 aliphatic heterocycles. The zero-order valence-electron chi connectivity index (χ0n) is 11.4. The van der Waals surface area contributed by atoms with Gasteiger partial charge in [-0.1, -0.05) is 25.4 Å². The first-order valence-electron chi connectivity index (χ1n) is 6.49. The highest BCUT2D eigenvalue weighted by atomic mass is 35.5. The second-order valence-electron chi connectivity index (χ2n) is 5.14. The number of nitrogens with zero attached hydrogens (tertiary/aromatic N) is 1. The molecule has 1 heterocycles. The summed E-state index contributed by atoms with van der Waals surface area (Å²) in [4.78, 5) is 26.0. The predicted octanol–water partition coefficient (Wildman–Crippen LogP) is 1.64. The SMILES string of the molecule is CC(C)C1C(=O)NCCN1C(=O)c1ccc(Cl)cc1O. The summed E-state index contributed by atoms with van der Waals surface area (Å²) < 4.78 is 0. The second kappa shape index (κ2) is 5.71. The maximum absolute atomic E-state index is 12.5. The molecule has 0 bridgehead atoms. The first-order chi connectivity index (χ1) is 9.41. The molecular weight excluding hydrogens is 280 g/mol. The van der Waals surface area contributed by atoms with Gasteiger partial charge in [-0.25, -0.2) is 0 Å². The Kier molecular flexibility index (Phi) is 4.18. The lowest BCUT2D eigenvalue weighted by Gasteiger charge is -2.37. The first kappa shape index (κ1) is 14.7. The number of rotatable bonds is 2. The van der Waals surface area contributed by atoms with Crippen LogP contribution < -0.4 is 5.32 Å². The lowest BCUT2D eigenvalue weighted by Crippen LogP contribution is -2.59. The van der Waals surface area contributed by atoms with E-state index in [-0.39, 0.29) is 29.0 Å². The van der Waals surface area contributed by atoms with E-state index in [1.54, 1.807) is 6.07 Å². The molecule has 6 heteroatoms. The van der Waals surface area contributed by atoms with Gasteiger partial charge in [-0.15, -0.1) is 0 Å². The highest BCUT2D eigenvalue weighted by Gasteiger charge is 2.36. The summed E-state index contributed by atoms with van der Waals surface area (Å²) in [6, 6.07) is 3.82. The number of hydrogen-bond donors (Lipinski definition) is 2. The Morgan fingerprint density at radius 3 is 2.80 bits per heavy atom. The number of amides is 2. The van der Waals surface area contributed by atoms with Gasteiger partial charge >= 0.3 is 0 Å². The number of phenolic OH excluding ortho intramolecular Hbond substituents is 1. The molecule has 1 aliphatic rings. The van der Waals surface area contributed by atoms with Crippen LogP contribution in [-0.2, 0) is 4.79 Å². The molecule has 5 nitrogen and oxygen atoms in total. The van der Waals surface area contributed by atoms with Gasteiger partial charge < -0.3 is 15.3 Å². The van der Waals surface area contributed by atoms with Crippen LogP contribution in [0.25, 0.3) is 0 Å². The minimum Gasteiger partial charge on any atom is -0.507 e. The van der Waals surface area contributed by atoms with E-state index >= 15 is 0 Å². The number of benzene rings is 1. The fraction of sp³-hybridized carbons (Fsp3) is 0.429. The molecule has 0 aromatic heterocycles. The maximum Gasteiger partial charge on any atom is 0.258 e. The van der Waals surface area contributed by atoms with E-state index in [0.717, 1.165) is 0 Å². The summed E-state index contributed by atoms with van der Waals surface area (Å²) in [5.74, 6) is -0.689. The van der Waals surface area contributed by atoms with Gasteiger partial charge in [0.2, 0.25) is 5.91 Å². The van der Waals surface area contributed by atoms with Crippen molar-refractivity contribution < 1.29 is 14.7 Å². The van der Waals surface area contributed by atoms with Crippen molar-refractivity contribution in [2.75, 3.05) is 13.1 Å². The molecule has 2 amide bonds. The molecule has 1 unspecified atom stereocenters. The molecule has 1 fully saturated rings. The highest BCUT2D eigenvalue weighted by Crippen LogP contribution is 2.25.